The van der Waals surface area contributed by atoms with Gasteiger partial charge < -0.3 is 29.0 Å². The molecule has 2 rings (SSSR count). The van der Waals surface area contributed by atoms with E-state index in [0.29, 0.717) is 23.0 Å². The van der Waals surface area contributed by atoms with Crippen molar-refractivity contribution < 1.29 is 29.0 Å². The maximum absolute atomic E-state index is 8.68. The van der Waals surface area contributed by atoms with Gasteiger partial charge in [0.05, 0.1) is 13.2 Å². The second-order valence-corrected chi connectivity index (χ2v) is 4.49. The van der Waals surface area contributed by atoms with Crippen LogP contribution in [0.1, 0.15) is 0 Å². The molecule has 23 heavy (non-hydrogen) atoms. The Morgan fingerprint density at radius 1 is 0.609 bits per heavy atom. The summed E-state index contributed by atoms with van der Waals surface area (Å²) in [6.45, 7) is 0.495. The molecule has 2 aromatic carbocycles. The predicted molar refractivity (Wildman–Crippen MR) is 86.5 cm³/mol. The van der Waals surface area contributed by atoms with Crippen molar-refractivity contribution in [1.29, 1.82) is 0 Å². The Hall–Kier alpha value is -2.38. The Bertz CT molecular complexity index is 506. The summed E-state index contributed by atoms with van der Waals surface area (Å²) >= 11 is 0. The topological polar surface area (TPSA) is 77.4 Å². The van der Waals surface area contributed by atoms with Gasteiger partial charge in [0.2, 0.25) is 0 Å². The third-order valence-corrected chi connectivity index (χ3v) is 2.82. The molecular weight excluding hydrogens is 299 g/mol. The van der Waals surface area contributed by atoms with Crippen LogP contribution in [0.15, 0.2) is 48.5 Å². The highest BCUT2D eigenvalue weighted by Crippen LogP contribution is 2.19. The Balaban J connectivity index is 1.73. The molecule has 0 amide bonds. The lowest BCUT2D eigenvalue weighted by Crippen LogP contribution is -2.11. The summed E-state index contributed by atoms with van der Waals surface area (Å²) in [5.74, 6) is 2.66. The van der Waals surface area contributed by atoms with Crippen LogP contribution < -0.4 is 18.8 Å². The first-order chi connectivity index (χ1) is 11.3. The van der Waals surface area contributed by atoms with Crippen LogP contribution >= 0.6 is 0 Å². The summed E-state index contributed by atoms with van der Waals surface area (Å²) in [7, 11) is 0.0771. The van der Waals surface area contributed by atoms with Crippen LogP contribution in [0.2, 0.25) is 0 Å². The quantitative estimate of drug-likeness (QED) is 0.640. The van der Waals surface area contributed by atoms with E-state index in [9.17, 15) is 0 Å². The molecule has 0 spiro atoms. The molecule has 2 aromatic rings. The first kappa shape index (κ1) is 17.0. The number of hydrogen-bond acceptors (Lipinski definition) is 6. The second kappa shape index (κ2) is 9.60. The van der Waals surface area contributed by atoms with Gasteiger partial charge in [-0.05, 0) is 48.5 Å². The molecule has 0 bridgehead atoms. The van der Waals surface area contributed by atoms with E-state index in [-0.39, 0.29) is 34.1 Å². The maximum Gasteiger partial charge on any atom is 0.576 e. The summed E-state index contributed by atoms with van der Waals surface area (Å²) in [5.41, 5.74) is 0. The number of hydrogen-bond donors (Lipinski definition) is 2. The van der Waals surface area contributed by atoms with Gasteiger partial charge >= 0.3 is 7.69 Å². The molecule has 0 aliphatic heterocycles. The van der Waals surface area contributed by atoms with Crippen molar-refractivity contribution in [2.24, 2.45) is 0 Å². The Morgan fingerprint density at radius 3 is 1.30 bits per heavy atom. The van der Waals surface area contributed by atoms with Crippen molar-refractivity contribution in [3.8, 4) is 23.0 Å². The highest BCUT2D eigenvalue weighted by atomic mass is 16.6. The highest BCUT2D eigenvalue weighted by Gasteiger charge is 2.01. The predicted octanol–water partition coefficient (Wildman–Crippen LogP) is 1.15. The van der Waals surface area contributed by atoms with Crippen LogP contribution in [-0.2, 0) is 0 Å². The van der Waals surface area contributed by atoms with E-state index in [1.54, 1.807) is 48.5 Å². The number of benzene rings is 2. The fraction of sp³-hybridized carbons (Fsp3) is 0.250. The van der Waals surface area contributed by atoms with Crippen molar-refractivity contribution in [3.05, 3.63) is 48.5 Å². The molecule has 122 valence electrons. The smallest absolute Gasteiger partial charge is 0.529 e. The minimum absolute atomic E-state index is 0.0179. The molecule has 0 heterocycles. The van der Waals surface area contributed by atoms with Crippen molar-refractivity contribution in [1.82, 2.24) is 0 Å². The average molecular weight is 318 g/mol. The lowest BCUT2D eigenvalue weighted by atomic mass is 10.3. The van der Waals surface area contributed by atoms with Crippen LogP contribution in [0.25, 0.3) is 0 Å². The monoisotopic (exact) mass is 318 g/mol. The number of ether oxygens (including phenoxy) is 2. The van der Waals surface area contributed by atoms with E-state index in [1.807, 2.05) is 0 Å². The fourth-order valence-electron chi connectivity index (χ4n) is 1.76. The molecule has 0 aliphatic carbocycles. The van der Waals surface area contributed by atoms with Crippen molar-refractivity contribution in [2.75, 3.05) is 26.4 Å². The molecule has 7 heteroatoms. The van der Waals surface area contributed by atoms with Gasteiger partial charge in [0, 0.05) is 0 Å². The first-order valence-corrected chi connectivity index (χ1v) is 7.25. The summed E-state index contributed by atoms with van der Waals surface area (Å²) in [5, 5.41) is 17.4. The average Bonchev–Trinajstić information content (AvgIpc) is 2.60. The molecule has 0 atom stereocenters. The van der Waals surface area contributed by atoms with Crippen molar-refractivity contribution >= 4 is 7.69 Å². The van der Waals surface area contributed by atoms with Crippen LogP contribution in [0.3, 0.4) is 0 Å². The van der Waals surface area contributed by atoms with Gasteiger partial charge in [-0.25, -0.2) is 0 Å². The van der Waals surface area contributed by atoms with Crippen molar-refractivity contribution in [3.63, 3.8) is 0 Å². The normalized spacial score (nSPS) is 10.0. The zero-order valence-corrected chi connectivity index (χ0v) is 12.7. The largest absolute Gasteiger partial charge is 0.576 e. The Kier molecular flexibility index (Phi) is 7.09. The van der Waals surface area contributed by atoms with Gasteiger partial charge in [-0.2, -0.15) is 0 Å². The molecule has 0 saturated heterocycles. The molecule has 6 nitrogen and oxygen atoms in total. The molecule has 2 N–H and O–H groups in total. The molecule has 0 aromatic heterocycles. The van der Waals surface area contributed by atoms with Crippen molar-refractivity contribution in [2.45, 2.75) is 0 Å². The first-order valence-electron chi connectivity index (χ1n) is 7.25. The van der Waals surface area contributed by atoms with Crippen LogP contribution in [-0.4, -0.2) is 44.3 Å². The van der Waals surface area contributed by atoms with Gasteiger partial charge in [-0.1, -0.05) is 0 Å². The zero-order chi connectivity index (χ0) is 16.3. The summed E-state index contributed by atoms with van der Waals surface area (Å²) in [4.78, 5) is 0. The standard InChI is InChI=1S/C16H19BO6/c18-9-11-20-13-1-5-15(6-2-13)22-17-23-16-7-3-14(4-8-16)21-12-10-19/h1-8,17-19H,9-12H2. The van der Waals surface area contributed by atoms with Gasteiger partial charge in [0.1, 0.15) is 36.2 Å². The molecule has 0 radical (unpaired) electrons. The van der Waals surface area contributed by atoms with E-state index < -0.39 is 0 Å². The minimum Gasteiger partial charge on any atom is -0.529 e. The summed E-state index contributed by atoms with van der Waals surface area (Å²) < 4.78 is 21.5. The van der Waals surface area contributed by atoms with Crippen LogP contribution in [0, 0.1) is 0 Å². The number of aliphatic hydroxyl groups excluding tert-OH is 2. The second-order valence-electron chi connectivity index (χ2n) is 4.49. The molecule has 0 saturated carbocycles. The lowest BCUT2D eigenvalue weighted by molar-refractivity contribution is 0.201. The van der Waals surface area contributed by atoms with E-state index >= 15 is 0 Å². The lowest BCUT2D eigenvalue weighted by Gasteiger charge is -2.09. The highest BCUT2D eigenvalue weighted by molar-refractivity contribution is 6.20. The third kappa shape index (κ3) is 6.10. The maximum atomic E-state index is 8.68. The molecule has 0 aliphatic rings. The van der Waals surface area contributed by atoms with E-state index in [2.05, 4.69) is 0 Å². The Labute approximate surface area is 135 Å². The van der Waals surface area contributed by atoms with Gasteiger partial charge in [-0.15, -0.1) is 0 Å². The van der Waals surface area contributed by atoms with Gasteiger partial charge in [-0.3, -0.25) is 0 Å². The number of aliphatic hydroxyl groups is 2. The van der Waals surface area contributed by atoms with E-state index in [4.69, 9.17) is 29.0 Å². The molecule has 0 fully saturated rings. The van der Waals surface area contributed by atoms with Gasteiger partial charge in [0.25, 0.3) is 0 Å². The third-order valence-electron chi connectivity index (χ3n) is 2.82. The molecular formula is C16H19BO6. The molecule has 0 unspecified atom stereocenters. The van der Waals surface area contributed by atoms with Crippen LogP contribution in [0.5, 0.6) is 23.0 Å². The minimum atomic E-state index is -0.0179. The fourth-order valence-corrected chi connectivity index (χ4v) is 1.76. The van der Waals surface area contributed by atoms with E-state index in [0.717, 1.165) is 0 Å². The summed E-state index contributed by atoms with van der Waals surface area (Å²) in [6, 6.07) is 14.1. The summed E-state index contributed by atoms with van der Waals surface area (Å²) in [6.07, 6.45) is 0. The SMILES string of the molecule is OCCOc1ccc(OBOc2ccc(OCCO)cc2)cc1. The van der Waals surface area contributed by atoms with Gasteiger partial charge in [0.15, 0.2) is 0 Å². The van der Waals surface area contributed by atoms with E-state index in [1.165, 1.54) is 0 Å². The number of rotatable bonds is 10. The Morgan fingerprint density at radius 2 is 0.957 bits per heavy atom. The zero-order valence-electron chi connectivity index (χ0n) is 12.7. The van der Waals surface area contributed by atoms with Crippen LogP contribution in [0.4, 0.5) is 0 Å².